The summed E-state index contributed by atoms with van der Waals surface area (Å²) in [5, 5.41) is 5.23. The number of benzene rings is 4. The number of aryl methyl sites for hydroxylation is 1. The third kappa shape index (κ3) is 2.35. The van der Waals surface area contributed by atoms with E-state index in [0.717, 1.165) is 0 Å². The molecule has 1 heteroatoms. The molecule has 0 spiro atoms. The Hall–Kier alpha value is -3.58. The van der Waals surface area contributed by atoms with Crippen LogP contribution in [0.1, 0.15) is 23.6 Å². The largest absolute Gasteiger partial charge is 0.343 e. The molecule has 4 aromatic carbocycles. The topological polar surface area (TPSA) is 4.93 Å². The van der Waals surface area contributed by atoms with Gasteiger partial charge in [-0.2, -0.15) is 0 Å². The number of nitrogens with zero attached hydrogens (tertiary/aromatic N) is 1. The second-order valence-corrected chi connectivity index (χ2v) is 8.52. The normalized spacial score (nSPS) is 18.2. The van der Waals surface area contributed by atoms with Crippen molar-refractivity contribution < 1.29 is 0 Å². The molecule has 1 unspecified atom stereocenters. The number of hydrogen-bond donors (Lipinski definition) is 0. The van der Waals surface area contributed by atoms with Crippen molar-refractivity contribution in [2.24, 2.45) is 7.05 Å². The van der Waals surface area contributed by atoms with Crippen LogP contribution in [0.25, 0.3) is 44.7 Å². The summed E-state index contributed by atoms with van der Waals surface area (Å²) in [6.45, 7) is 2.32. The molecule has 0 N–H and O–H groups in total. The second kappa shape index (κ2) is 6.21. The summed E-state index contributed by atoms with van der Waals surface area (Å²) in [6.07, 6.45) is 9.34. The van der Waals surface area contributed by atoms with Crippen molar-refractivity contribution in [3.63, 3.8) is 0 Å². The summed E-state index contributed by atoms with van der Waals surface area (Å²) in [5.74, 6) is 0. The first-order chi connectivity index (χ1) is 14.7. The third-order valence-corrected chi connectivity index (χ3v) is 6.72. The average Bonchev–Trinajstić information content (AvgIpc) is 2.96. The fourth-order valence-corrected chi connectivity index (χ4v) is 5.07. The molecule has 5 aromatic rings. The van der Waals surface area contributed by atoms with E-state index >= 15 is 0 Å². The van der Waals surface area contributed by atoms with Crippen LogP contribution in [-0.4, -0.2) is 4.57 Å². The van der Waals surface area contributed by atoms with Crippen molar-refractivity contribution in [1.29, 1.82) is 0 Å². The van der Waals surface area contributed by atoms with Crippen LogP contribution in [0.4, 0.5) is 0 Å². The third-order valence-electron chi connectivity index (χ3n) is 6.72. The highest BCUT2D eigenvalue weighted by molar-refractivity contribution is 6.09. The molecule has 6 rings (SSSR count). The second-order valence-electron chi connectivity index (χ2n) is 8.52. The summed E-state index contributed by atoms with van der Waals surface area (Å²) in [5.41, 5.74) is 6.31. The Kier molecular flexibility index (Phi) is 3.58. The van der Waals surface area contributed by atoms with Gasteiger partial charge in [0.05, 0.1) is 5.52 Å². The van der Waals surface area contributed by atoms with Gasteiger partial charge in [0.2, 0.25) is 0 Å². The highest BCUT2D eigenvalue weighted by Crippen LogP contribution is 2.40. The lowest BCUT2D eigenvalue weighted by atomic mass is 9.81. The highest BCUT2D eigenvalue weighted by atomic mass is 14.9. The molecule has 1 aliphatic rings. The quantitative estimate of drug-likeness (QED) is 0.282. The molecule has 30 heavy (non-hydrogen) atoms. The molecule has 0 saturated carbocycles. The fraction of sp³-hybridized carbons (Fsp3) is 0.103. The average molecular weight is 386 g/mol. The van der Waals surface area contributed by atoms with Crippen LogP contribution in [-0.2, 0) is 12.5 Å². The number of fused-ring (bicyclic) bond motifs is 6. The predicted molar refractivity (Wildman–Crippen MR) is 130 cm³/mol. The van der Waals surface area contributed by atoms with Gasteiger partial charge >= 0.3 is 0 Å². The first-order valence-corrected chi connectivity index (χ1v) is 10.5. The molecule has 1 aromatic heterocycles. The van der Waals surface area contributed by atoms with Gasteiger partial charge in [0.25, 0.3) is 0 Å². The van der Waals surface area contributed by atoms with E-state index in [1.54, 1.807) is 0 Å². The summed E-state index contributed by atoms with van der Waals surface area (Å²) < 4.78 is 2.35. The van der Waals surface area contributed by atoms with Gasteiger partial charge in [-0.05, 0) is 40.5 Å². The van der Waals surface area contributed by atoms with Gasteiger partial charge in [-0.3, -0.25) is 0 Å². The highest BCUT2D eigenvalue weighted by Gasteiger charge is 2.26. The number of para-hydroxylation sites is 2. The van der Waals surface area contributed by atoms with Crippen molar-refractivity contribution in [3.05, 3.63) is 108 Å². The van der Waals surface area contributed by atoms with Gasteiger partial charge in [0, 0.05) is 28.8 Å². The van der Waals surface area contributed by atoms with Crippen molar-refractivity contribution in [2.45, 2.75) is 12.3 Å². The first-order valence-electron chi connectivity index (χ1n) is 10.5. The minimum Gasteiger partial charge on any atom is -0.343 e. The lowest BCUT2D eigenvalue weighted by Crippen LogP contribution is -2.16. The maximum atomic E-state index is 2.37. The molecule has 1 atom stereocenters. The SMILES string of the molecule is Cn1c2ccccc2c2cccc(C3(C)C=Cc4ccc5ccccc5c4C=C3)c21. The van der Waals surface area contributed by atoms with Crippen molar-refractivity contribution in [1.82, 2.24) is 4.57 Å². The Labute approximate surface area is 176 Å². The van der Waals surface area contributed by atoms with E-state index in [1.165, 1.54) is 49.3 Å². The Morgan fingerprint density at radius 2 is 1.40 bits per heavy atom. The summed E-state index contributed by atoms with van der Waals surface area (Å²) >= 11 is 0. The minimum absolute atomic E-state index is 0.193. The molecular weight excluding hydrogens is 362 g/mol. The molecule has 0 bridgehead atoms. The van der Waals surface area contributed by atoms with E-state index in [0.29, 0.717) is 0 Å². The van der Waals surface area contributed by atoms with Gasteiger partial charge < -0.3 is 4.57 Å². The number of aromatic nitrogens is 1. The number of hydrogen-bond acceptors (Lipinski definition) is 0. The van der Waals surface area contributed by atoms with Gasteiger partial charge in [0.1, 0.15) is 0 Å². The fourth-order valence-electron chi connectivity index (χ4n) is 5.07. The molecule has 0 amide bonds. The van der Waals surface area contributed by atoms with E-state index in [-0.39, 0.29) is 5.41 Å². The molecule has 0 radical (unpaired) electrons. The summed E-state index contributed by atoms with van der Waals surface area (Å²) in [6, 6.07) is 28.5. The summed E-state index contributed by atoms with van der Waals surface area (Å²) in [4.78, 5) is 0. The Morgan fingerprint density at radius 1 is 0.667 bits per heavy atom. The monoisotopic (exact) mass is 385 g/mol. The van der Waals surface area contributed by atoms with Gasteiger partial charge in [-0.15, -0.1) is 0 Å². The number of rotatable bonds is 1. The lowest BCUT2D eigenvalue weighted by Gasteiger charge is -2.24. The Bertz CT molecular complexity index is 1510. The zero-order valence-electron chi connectivity index (χ0n) is 17.3. The molecule has 1 heterocycles. The first kappa shape index (κ1) is 17.3. The van der Waals surface area contributed by atoms with Crippen LogP contribution in [0.15, 0.2) is 91.0 Å². The zero-order chi connectivity index (χ0) is 20.3. The van der Waals surface area contributed by atoms with E-state index in [4.69, 9.17) is 0 Å². The maximum Gasteiger partial charge on any atom is 0.0533 e. The lowest BCUT2D eigenvalue weighted by molar-refractivity contribution is 0.767. The molecular formula is C29H23N. The van der Waals surface area contributed by atoms with Crippen LogP contribution >= 0.6 is 0 Å². The van der Waals surface area contributed by atoms with Crippen LogP contribution < -0.4 is 0 Å². The maximum absolute atomic E-state index is 2.37. The van der Waals surface area contributed by atoms with Crippen LogP contribution in [0, 0.1) is 0 Å². The molecule has 144 valence electrons. The molecule has 1 aliphatic carbocycles. The standard InChI is InChI=1S/C29H23N/c1-29(18-16-21-15-14-20-8-3-4-9-22(20)23(21)17-19-29)26-12-7-11-25-24-10-5-6-13-27(24)30(2)28(25)26/h3-19H,1-2H3. The van der Waals surface area contributed by atoms with Gasteiger partial charge in [-0.1, -0.05) is 97.1 Å². The number of allylic oxidation sites excluding steroid dienone is 2. The van der Waals surface area contributed by atoms with Crippen molar-refractivity contribution in [2.75, 3.05) is 0 Å². The van der Waals surface area contributed by atoms with Gasteiger partial charge in [-0.25, -0.2) is 0 Å². The van der Waals surface area contributed by atoms with Crippen LogP contribution in [0.5, 0.6) is 0 Å². The molecule has 1 nitrogen and oxygen atoms in total. The predicted octanol–water partition coefficient (Wildman–Crippen LogP) is 7.48. The van der Waals surface area contributed by atoms with Crippen LogP contribution in [0.2, 0.25) is 0 Å². The van der Waals surface area contributed by atoms with Crippen molar-refractivity contribution in [3.8, 4) is 0 Å². The minimum atomic E-state index is -0.193. The molecule has 0 fully saturated rings. The van der Waals surface area contributed by atoms with E-state index in [2.05, 4.69) is 122 Å². The Balaban J connectivity index is 1.61. The van der Waals surface area contributed by atoms with E-state index in [1.807, 2.05) is 0 Å². The van der Waals surface area contributed by atoms with E-state index < -0.39 is 0 Å². The smallest absolute Gasteiger partial charge is 0.0533 e. The van der Waals surface area contributed by atoms with Crippen LogP contribution in [0.3, 0.4) is 0 Å². The zero-order valence-corrected chi connectivity index (χ0v) is 17.3. The summed E-state index contributed by atoms with van der Waals surface area (Å²) in [7, 11) is 2.18. The van der Waals surface area contributed by atoms with E-state index in [9.17, 15) is 0 Å². The molecule has 0 aliphatic heterocycles. The Morgan fingerprint density at radius 3 is 2.30 bits per heavy atom. The molecule has 0 saturated heterocycles. The van der Waals surface area contributed by atoms with Gasteiger partial charge in [0.15, 0.2) is 0 Å². The van der Waals surface area contributed by atoms with Crippen molar-refractivity contribution >= 4 is 44.7 Å².